The molecular formula is C35H66NO6+. The minimum absolute atomic E-state index is 0.0889. The Kier molecular flexibility index (Phi) is 27.9. The summed E-state index contributed by atoms with van der Waals surface area (Å²) >= 11 is 0. The Labute approximate surface area is 257 Å². The molecular weight excluding hydrogens is 530 g/mol. The molecule has 0 atom stereocenters. The number of carboxylic acids is 3. The van der Waals surface area contributed by atoms with E-state index in [1.165, 1.54) is 103 Å². The van der Waals surface area contributed by atoms with Crippen molar-refractivity contribution in [2.75, 3.05) is 26.2 Å². The van der Waals surface area contributed by atoms with Crippen LogP contribution in [0.15, 0.2) is 12.2 Å². The molecule has 0 saturated carbocycles. The van der Waals surface area contributed by atoms with E-state index in [0.717, 1.165) is 25.8 Å². The third-order valence-electron chi connectivity index (χ3n) is 8.46. The van der Waals surface area contributed by atoms with Crippen molar-refractivity contribution in [2.24, 2.45) is 0 Å². The van der Waals surface area contributed by atoms with Crippen molar-refractivity contribution in [3.05, 3.63) is 12.2 Å². The number of nitrogens with zero attached hydrogens (tertiary/aromatic N) is 1. The Morgan fingerprint density at radius 3 is 1.05 bits per heavy atom. The fourth-order valence-electron chi connectivity index (χ4n) is 5.95. The summed E-state index contributed by atoms with van der Waals surface area (Å²) in [6.45, 7) is 5.13. The molecule has 0 aliphatic carbocycles. The van der Waals surface area contributed by atoms with Gasteiger partial charge in [-0.2, -0.15) is 0 Å². The maximum absolute atomic E-state index is 11.1. The zero-order valence-corrected chi connectivity index (χ0v) is 27.2. The zero-order chi connectivity index (χ0) is 31.2. The predicted octanol–water partition coefficient (Wildman–Crippen LogP) is 9.39. The number of carboxylic acid groups (broad SMARTS) is 3. The van der Waals surface area contributed by atoms with Crippen LogP contribution in [0.1, 0.15) is 167 Å². The van der Waals surface area contributed by atoms with Crippen LogP contribution in [0.5, 0.6) is 0 Å². The lowest BCUT2D eigenvalue weighted by molar-refractivity contribution is -0.929. The Morgan fingerprint density at radius 1 is 0.429 bits per heavy atom. The van der Waals surface area contributed by atoms with Gasteiger partial charge in [-0.25, -0.2) is 0 Å². The number of unbranched alkanes of at least 4 members (excludes halogenated alkanes) is 17. The number of quaternary nitrogens is 1. The summed E-state index contributed by atoms with van der Waals surface area (Å²) in [5, 5.41) is 27.3. The molecule has 7 nitrogen and oxygen atoms in total. The third-order valence-corrected chi connectivity index (χ3v) is 8.46. The van der Waals surface area contributed by atoms with Gasteiger partial charge in [0.1, 0.15) is 0 Å². The van der Waals surface area contributed by atoms with Crippen LogP contribution >= 0.6 is 0 Å². The van der Waals surface area contributed by atoms with E-state index in [1.54, 1.807) is 0 Å². The van der Waals surface area contributed by atoms with Gasteiger partial charge in [-0.3, -0.25) is 14.4 Å². The highest BCUT2D eigenvalue weighted by Crippen LogP contribution is 2.19. The first-order chi connectivity index (χ1) is 20.3. The van der Waals surface area contributed by atoms with Gasteiger partial charge in [0.25, 0.3) is 0 Å². The Morgan fingerprint density at radius 2 is 0.714 bits per heavy atom. The van der Waals surface area contributed by atoms with Crippen LogP contribution in [-0.2, 0) is 14.4 Å². The highest BCUT2D eigenvalue weighted by Gasteiger charge is 2.27. The summed E-state index contributed by atoms with van der Waals surface area (Å²) in [5.74, 6) is -2.48. The first kappa shape index (κ1) is 40.1. The number of aliphatic carboxylic acids is 3. The first-order valence-corrected chi connectivity index (χ1v) is 17.5. The first-order valence-electron chi connectivity index (χ1n) is 17.5. The molecule has 0 spiro atoms. The molecule has 0 aliphatic heterocycles. The highest BCUT2D eigenvalue weighted by atomic mass is 16.4. The van der Waals surface area contributed by atoms with Crippen LogP contribution in [0.25, 0.3) is 0 Å². The molecule has 0 unspecified atom stereocenters. The fourth-order valence-corrected chi connectivity index (χ4v) is 5.95. The molecule has 0 amide bonds. The van der Waals surface area contributed by atoms with Gasteiger partial charge < -0.3 is 19.8 Å². The fraction of sp³-hybridized carbons (Fsp3) is 0.857. The van der Waals surface area contributed by atoms with Gasteiger partial charge in [-0.05, 0) is 38.5 Å². The summed E-state index contributed by atoms with van der Waals surface area (Å²) in [7, 11) is 0. The maximum Gasteiger partial charge on any atom is 0.303 e. The van der Waals surface area contributed by atoms with Crippen LogP contribution in [0.4, 0.5) is 0 Å². The Hall–Kier alpha value is -1.89. The van der Waals surface area contributed by atoms with Crippen molar-refractivity contribution in [1.29, 1.82) is 0 Å². The molecule has 0 heterocycles. The van der Waals surface area contributed by atoms with Gasteiger partial charge in [0.2, 0.25) is 0 Å². The summed E-state index contributed by atoms with van der Waals surface area (Å²) < 4.78 is 0.637. The van der Waals surface area contributed by atoms with E-state index in [2.05, 4.69) is 19.1 Å². The van der Waals surface area contributed by atoms with Crippen molar-refractivity contribution < 1.29 is 34.2 Å². The van der Waals surface area contributed by atoms with Gasteiger partial charge >= 0.3 is 17.9 Å². The molecule has 0 radical (unpaired) electrons. The molecule has 0 bridgehead atoms. The number of hydrogen-bond acceptors (Lipinski definition) is 3. The van der Waals surface area contributed by atoms with Crippen LogP contribution in [-0.4, -0.2) is 63.9 Å². The van der Waals surface area contributed by atoms with Gasteiger partial charge in [0.15, 0.2) is 0 Å². The minimum atomic E-state index is -0.826. The molecule has 0 saturated heterocycles. The SMILES string of the molecule is CCCCCCCCCCCCC/C=C/CCCCCCCC[N+](CCCC(=O)O)(CCCC(=O)O)CCCC(=O)O. The van der Waals surface area contributed by atoms with Crippen LogP contribution in [0.2, 0.25) is 0 Å². The molecule has 0 fully saturated rings. The molecule has 0 aromatic rings. The normalized spacial score (nSPS) is 11.8. The van der Waals surface area contributed by atoms with E-state index in [1.807, 2.05) is 0 Å². The molecule has 0 aromatic carbocycles. The number of allylic oxidation sites excluding steroid dienone is 2. The Bertz CT molecular complexity index is 643. The Balaban J connectivity index is 4.07. The van der Waals surface area contributed by atoms with Crippen LogP contribution < -0.4 is 0 Å². The van der Waals surface area contributed by atoms with E-state index in [9.17, 15) is 14.4 Å². The number of rotatable bonds is 33. The summed E-state index contributed by atoms with van der Waals surface area (Å²) in [6.07, 6.45) is 31.2. The standard InChI is InChI=1S/C35H65NO6/c1-2-3-4-5-6-7-8-9-10-11-12-13-14-15-16-17-18-19-20-21-22-29-36(30-23-26-33(37)38,31-24-27-34(39)40)32-25-28-35(41)42/h14-15H,2-13,16-32H2,1H3,(H2-,37,38,39,40,41,42)/p+1/b15-14+. The molecule has 0 aliphatic rings. The predicted molar refractivity (Wildman–Crippen MR) is 173 cm³/mol. The molecule has 42 heavy (non-hydrogen) atoms. The summed E-state index contributed by atoms with van der Waals surface area (Å²) in [4.78, 5) is 33.2. The van der Waals surface area contributed by atoms with Crippen molar-refractivity contribution in [1.82, 2.24) is 0 Å². The van der Waals surface area contributed by atoms with Crippen molar-refractivity contribution in [2.45, 2.75) is 167 Å². The maximum atomic E-state index is 11.1. The lowest BCUT2D eigenvalue weighted by Crippen LogP contribution is -2.51. The van der Waals surface area contributed by atoms with E-state index >= 15 is 0 Å². The molecule has 0 aromatic heterocycles. The third kappa shape index (κ3) is 28.2. The second-order valence-corrected chi connectivity index (χ2v) is 12.4. The van der Waals surface area contributed by atoms with Crippen LogP contribution in [0.3, 0.4) is 0 Å². The summed E-state index contributed by atoms with van der Waals surface area (Å²) in [6, 6.07) is 0. The quantitative estimate of drug-likeness (QED) is 0.0395. The monoisotopic (exact) mass is 596 g/mol. The largest absolute Gasteiger partial charge is 0.481 e. The van der Waals surface area contributed by atoms with Gasteiger partial charge in [-0.15, -0.1) is 0 Å². The van der Waals surface area contributed by atoms with Crippen LogP contribution in [0, 0.1) is 0 Å². The van der Waals surface area contributed by atoms with E-state index in [0.29, 0.717) is 43.4 Å². The lowest BCUT2D eigenvalue weighted by Gasteiger charge is -2.39. The van der Waals surface area contributed by atoms with Gasteiger partial charge in [0, 0.05) is 19.3 Å². The van der Waals surface area contributed by atoms with E-state index in [-0.39, 0.29) is 19.3 Å². The lowest BCUT2D eigenvalue weighted by atomic mass is 10.0. The average molecular weight is 597 g/mol. The van der Waals surface area contributed by atoms with Crippen molar-refractivity contribution >= 4 is 17.9 Å². The molecule has 7 heteroatoms. The molecule has 0 rings (SSSR count). The zero-order valence-electron chi connectivity index (χ0n) is 27.2. The second-order valence-electron chi connectivity index (χ2n) is 12.4. The minimum Gasteiger partial charge on any atom is -0.481 e. The number of hydrogen-bond donors (Lipinski definition) is 3. The molecule has 3 N–H and O–H groups in total. The highest BCUT2D eigenvalue weighted by molar-refractivity contribution is 5.67. The average Bonchev–Trinajstić information content (AvgIpc) is 2.93. The molecule has 246 valence electrons. The second kappa shape index (κ2) is 29.2. The van der Waals surface area contributed by atoms with E-state index < -0.39 is 17.9 Å². The summed E-state index contributed by atoms with van der Waals surface area (Å²) in [5.41, 5.74) is 0. The van der Waals surface area contributed by atoms with Crippen molar-refractivity contribution in [3.63, 3.8) is 0 Å². The van der Waals surface area contributed by atoms with Gasteiger partial charge in [0.05, 0.1) is 45.4 Å². The van der Waals surface area contributed by atoms with Crippen molar-refractivity contribution in [3.8, 4) is 0 Å². The smallest absolute Gasteiger partial charge is 0.303 e. The van der Waals surface area contributed by atoms with E-state index in [4.69, 9.17) is 15.3 Å². The topological polar surface area (TPSA) is 112 Å². The van der Waals surface area contributed by atoms with Gasteiger partial charge in [-0.1, -0.05) is 103 Å². The number of carbonyl (C=O) groups is 3.